The molecule has 0 aromatic heterocycles. The number of benzene rings is 3. The predicted molar refractivity (Wildman–Crippen MR) is 151 cm³/mol. The summed E-state index contributed by atoms with van der Waals surface area (Å²) in [5, 5.41) is 9.51. The van der Waals surface area contributed by atoms with Gasteiger partial charge in [0.1, 0.15) is 0 Å². The van der Waals surface area contributed by atoms with Crippen molar-refractivity contribution in [2.75, 3.05) is 26.7 Å². The topological polar surface area (TPSA) is 23.5 Å². The fourth-order valence-electron chi connectivity index (χ4n) is 5.01. The van der Waals surface area contributed by atoms with E-state index in [4.69, 9.17) is 0 Å². The van der Waals surface area contributed by atoms with Gasteiger partial charge >= 0.3 is 0 Å². The quantitative estimate of drug-likeness (QED) is 0.363. The molecule has 1 fully saturated rings. The molecular formula is C33H43NO. The summed E-state index contributed by atoms with van der Waals surface area (Å²) in [5.41, 5.74) is 7.95. The molecule has 4 rings (SSSR count). The van der Waals surface area contributed by atoms with Crippen molar-refractivity contribution in [1.82, 2.24) is 4.90 Å². The SMILES string of the molecule is CC.Cc1cccc(C(C=C(CCCO)c2ccccc2)c2ccc(C3CCN(C)CC3)cc2)c1. The van der Waals surface area contributed by atoms with Crippen molar-refractivity contribution in [3.63, 3.8) is 0 Å². The monoisotopic (exact) mass is 469 g/mol. The average molecular weight is 470 g/mol. The Morgan fingerprint density at radius 3 is 2.23 bits per heavy atom. The molecule has 1 aliphatic rings. The highest BCUT2D eigenvalue weighted by molar-refractivity contribution is 5.67. The van der Waals surface area contributed by atoms with Crippen molar-refractivity contribution >= 4 is 5.57 Å². The van der Waals surface area contributed by atoms with Crippen LogP contribution in [0, 0.1) is 6.92 Å². The average Bonchev–Trinajstić information content (AvgIpc) is 2.91. The van der Waals surface area contributed by atoms with Crippen molar-refractivity contribution in [3.8, 4) is 0 Å². The number of rotatable bonds is 8. The molecule has 1 atom stereocenters. The standard InChI is InChI=1S/C31H37NO.C2H6/c1-24-8-6-11-30(22-24)31(23-29(12-7-21-33)25-9-4-3-5-10-25)28-15-13-26(14-16-28)27-17-19-32(2)20-18-27;1-2/h3-6,8-11,13-16,22-23,27,31,33H,7,12,17-21H2,1-2H3;1-2H3. The maximum absolute atomic E-state index is 9.51. The molecule has 0 amide bonds. The summed E-state index contributed by atoms with van der Waals surface area (Å²) in [6.07, 6.45) is 6.56. The molecule has 1 aliphatic heterocycles. The first-order chi connectivity index (χ1) is 17.1. The number of allylic oxidation sites excluding steroid dienone is 2. The maximum Gasteiger partial charge on any atom is 0.0434 e. The largest absolute Gasteiger partial charge is 0.396 e. The van der Waals surface area contributed by atoms with Crippen LogP contribution >= 0.6 is 0 Å². The molecule has 0 aliphatic carbocycles. The van der Waals surface area contributed by atoms with Crippen LogP contribution in [0.4, 0.5) is 0 Å². The van der Waals surface area contributed by atoms with Crippen LogP contribution < -0.4 is 0 Å². The Balaban J connectivity index is 0.00000167. The Morgan fingerprint density at radius 2 is 1.60 bits per heavy atom. The first-order valence-electron chi connectivity index (χ1n) is 13.4. The minimum Gasteiger partial charge on any atom is -0.396 e. The highest BCUT2D eigenvalue weighted by Gasteiger charge is 2.19. The van der Waals surface area contributed by atoms with E-state index in [0.29, 0.717) is 5.92 Å². The molecule has 1 heterocycles. The molecule has 1 unspecified atom stereocenters. The lowest BCUT2D eigenvalue weighted by molar-refractivity contribution is 0.255. The van der Waals surface area contributed by atoms with Gasteiger partial charge in [-0.15, -0.1) is 0 Å². The van der Waals surface area contributed by atoms with Gasteiger partial charge in [0.05, 0.1) is 0 Å². The third kappa shape index (κ3) is 7.65. The molecular weight excluding hydrogens is 426 g/mol. The van der Waals surface area contributed by atoms with Gasteiger partial charge in [-0.25, -0.2) is 0 Å². The number of likely N-dealkylation sites (tertiary alicyclic amines) is 1. The zero-order chi connectivity index (χ0) is 25.0. The molecule has 0 spiro atoms. The molecule has 1 saturated heterocycles. The van der Waals surface area contributed by atoms with Gasteiger partial charge in [-0.3, -0.25) is 0 Å². The summed E-state index contributed by atoms with van der Waals surface area (Å²) >= 11 is 0. The van der Waals surface area contributed by atoms with E-state index >= 15 is 0 Å². The van der Waals surface area contributed by atoms with Gasteiger partial charge in [0.25, 0.3) is 0 Å². The maximum atomic E-state index is 9.51. The van der Waals surface area contributed by atoms with Gasteiger partial charge in [0.2, 0.25) is 0 Å². The summed E-state index contributed by atoms with van der Waals surface area (Å²) in [6, 6.07) is 28.9. The van der Waals surface area contributed by atoms with Gasteiger partial charge in [-0.05, 0) is 86.5 Å². The van der Waals surface area contributed by atoms with E-state index in [0.717, 1.165) is 12.8 Å². The molecule has 35 heavy (non-hydrogen) atoms. The van der Waals surface area contributed by atoms with Gasteiger partial charge in [-0.1, -0.05) is 104 Å². The molecule has 0 bridgehead atoms. The lowest BCUT2D eigenvalue weighted by Gasteiger charge is -2.29. The Kier molecular flexibility index (Phi) is 10.8. The van der Waals surface area contributed by atoms with E-state index < -0.39 is 0 Å². The number of nitrogens with zero attached hydrogens (tertiary/aromatic N) is 1. The second kappa shape index (κ2) is 14.0. The molecule has 1 N–H and O–H groups in total. The summed E-state index contributed by atoms with van der Waals surface area (Å²) in [4.78, 5) is 2.43. The third-order valence-electron chi connectivity index (χ3n) is 7.00. The Labute approximate surface area is 213 Å². The van der Waals surface area contributed by atoms with Crippen LogP contribution in [0.2, 0.25) is 0 Å². The molecule has 186 valence electrons. The van der Waals surface area contributed by atoms with Crippen molar-refractivity contribution in [2.45, 2.75) is 58.3 Å². The summed E-state index contributed by atoms with van der Waals surface area (Å²) < 4.78 is 0. The first-order valence-corrected chi connectivity index (χ1v) is 13.4. The van der Waals surface area contributed by atoms with Crippen LogP contribution in [-0.4, -0.2) is 36.8 Å². The van der Waals surface area contributed by atoms with E-state index in [-0.39, 0.29) is 12.5 Å². The summed E-state index contributed by atoms with van der Waals surface area (Å²) in [5.74, 6) is 0.859. The van der Waals surface area contributed by atoms with E-state index in [1.54, 1.807) is 0 Å². The fourth-order valence-corrected chi connectivity index (χ4v) is 5.01. The van der Waals surface area contributed by atoms with Crippen LogP contribution in [0.15, 0.2) is 84.9 Å². The van der Waals surface area contributed by atoms with Gasteiger partial charge in [-0.2, -0.15) is 0 Å². The molecule has 2 nitrogen and oxygen atoms in total. The van der Waals surface area contributed by atoms with E-state index in [1.165, 1.54) is 59.3 Å². The number of aliphatic hydroxyl groups is 1. The van der Waals surface area contributed by atoms with E-state index in [9.17, 15) is 5.11 Å². The van der Waals surface area contributed by atoms with Crippen molar-refractivity contribution < 1.29 is 5.11 Å². The smallest absolute Gasteiger partial charge is 0.0434 e. The van der Waals surface area contributed by atoms with Crippen LogP contribution in [-0.2, 0) is 0 Å². The number of hydrogen-bond acceptors (Lipinski definition) is 2. The van der Waals surface area contributed by atoms with Crippen LogP contribution in [0.25, 0.3) is 5.57 Å². The van der Waals surface area contributed by atoms with Crippen molar-refractivity contribution in [3.05, 3.63) is 113 Å². The third-order valence-corrected chi connectivity index (χ3v) is 7.00. The number of aliphatic hydroxyl groups excluding tert-OH is 1. The summed E-state index contributed by atoms with van der Waals surface area (Å²) in [6.45, 7) is 8.75. The first kappa shape index (κ1) is 26.9. The van der Waals surface area contributed by atoms with Crippen LogP contribution in [0.1, 0.15) is 79.2 Å². The van der Waals surface area contributed by atoms with E-state index in [2.05, 4.69) is 104 Å². The second-order valence-electron chi connectivity index (χ2n) is 9.52. The number of aryl methyl sites for hydroxylation is 1. The lowest BCUT2D eigenvalue weighted by atomic mass is 9.84. The second-order valence-corrected chi connectivity index (χ2v) is 9.52. The van der Waals surface area contributed by atoms with Crippen LogP contribution in [0.5, 0.6) is 0 Å². The predicted octanol–water partition coefficient (Wildman–Crippen LogP) is 7.82. The lowest BCUT2D eigenvalue weighted by Crippen LogP contribution is -2.29. The normalized spacial score (nSPS) is 15.9. The molecule has 0 radical (unpaired) electrons. The zero-order valence-corrected chi connectivity index (χ0v) is 22.1. The zero-order valence-electron chi connectivity index (χ0n) is 22.1. The van der Waals surface area contributed by atoms with Gasteiger partial charge in [0, 0.05) is 12.5 Å². The van der Waals surface area contributed by atoms with Gasteiger partial charge < -0.3 is 10.0 Å². The van der Waals surface area contributed by atoms with Crippen molar-refractivity contribution in [2.24, 2.45) is 0 Å². The highest BCUT2D eigenvalue weighted by atomic mass is 16.2. The van der Waals surface area contributed by atoms with Crippen LogP contribution in [0.3, 0.4) is 0 Å². The molecule has 3 aromatic carbocycles. The highest BCUT2D eigenvalue weighted by Crippen LogP contribution is 2.34. The Hall–Kier alpha value is -2.68. The van der Waals surface area contributed by atoms with Gasteiger partial charge in [0.15, 0.2) is 0 Å². The Bertz CT molecular complexity index is 1030. The summed E-state index contributed by atoms with van der Waals surface area (Å²) in [7, 11) is 2.22. The van der Waals surface area contributed by atoms with E-state index in [1.807, 2.05) is 13.8 Å². The molecule has 2 heteroatoms. The minimum atomic E-state index is 0.185. The molecule has 0 saturated carbocycles. The number of piperidine rings is 1. The molecule has 3 aromatic rings. The van der Waals surface area contributed by atoms with Crippen molar-refractivity contribution in [1.29, 1.82) is 0 Å². The Morgan fingerprint density at radius 1 is 0.914 bits per heavy atom. The number of hydrogen-bond donors (Lipinski definition) is 1. The fraction of sp³-hybridized carbons (Fsp3) is 0.394. The minimum absolute atomic E-state index is 0.185.